The molecule has 0 amide bonds. The van der Waals surface area contributed by atoms with Gasteiger partial charge in [-0.3, -0.25) is 9.56 Å². The maximum atomic E-state index is 15.2. The highest BCUT2D eigenvalue weighted by Gasteiger charge is 2.36. The molecule has 1 atom stereocenters. The number of aryl methyl sites for hydroxylation is 1. The van der Waals surface area contributed by atoms with Crippen LogP contribution in [0.4, 0.5) is 22.0 Å². The van der Waals surface area contributed by atoms with Gasteiger partial charge in [0.1, 0.15) is 18.1 Å². The van der Waals surface area contributed by atoms with E-state index < -0.39 is 36.0 Å². The van der Waals surface area contributed by atoms with Crippen molar-refractivity contribution in [3.63, 3.8) is 0 Å². The van der Waals surface area contributed by atoms with Gasteiger partial charge in [0.05, 0.1) is 22.8 Å². The smallest absolute Gasteiger partial charge is 0.388 e. The van der Waals surface area contributed by atoms with Crippen LogP contribution in [0.25, 0.3) is 28.0 Å². The Hall–Kier alpha value is -4.10. The van der Waals surface area contributed by atoms with Crippen molar-refractivity contribution < 1.29 is 22.0 Å². The maximum Gasteiger partial charge on any atom is 0.419 e. The van der Waals surface area contributed by atoms with Gasteiger partial charge in [0, 0.05) is 36.3 Å². The number of alkyl halides is 4. The zero-order valence-electron chi connectivity index (χ0n) is 25.8. The first kappa shape index (κ1) is 34.8. The third kappa shape index (κ3) is 9.95. The molecular formula is C33H40F5N7O. The van der Waals surface area contributed by atoms with Crippen LogP contribution in [0.5, 0.6) is 0 Å². The SMILES string of the molecule is C1CC1.CC(N)=NCCCNCc1ccc(-n2cc3cc(-c4cc(CCCC(N)CF)cc(C(F)(F)F)c4F)[nH]c3nc2=O)cc1. The molecule has 1 aliphatic carbocycles. The van der Waals surface area contributed by atoms with E-state index >= 15 is 4.39 Å². The first-order valence-electron chi connectivity index (χ1n) is 15.4. The van der Waals surface area contributed by atoms with E-state index in [1.165, 1.54) is 42.2 Å². The highest BCUT2D eigenvalue weighted by molar-refractivity contribution is 5.83. The fourth-order valence-electron chi connectivity index (χ4n) is 4.67. The Balaban J connectivity index is 0.00000151. The number of nitrogens with zero attached hydrogens (tertiary/aromatic N) is 3. The van der Waals surface area contributed by atoms with Gasteiger partial charge in [0.2, 0.25) is 0 Å². The summed E-state index contributed by atoms with van der Waals surface area (Å²) < 4.78 is 70.3. The summed E-state index contributed by atoms with van der Waals surface area (Å²) >= 11 is 0. The van der Waals surface area contributed by atoms with E-state index in [4.69, 9.17) is 11.5 Å². The first-order valence-corrected chi connectivity index (χ1v) is 15.4. The Morgan fingerprint density at radius 3 is 2.46 bits per heavy atom. The van der Waals surface area contributed by atoms with Gasteiger partial charge >= 0.3 is 11.9 Å². The van der Waals surface area contributed by atoms with Crippen molar-refractivity contribution in [3.8, 4) is 16.9 Å². The number of benzene rings is 2. The van der Waals surface area contributed by atoms with Crippen LogP contribution in [0.15, 0.2) is 58.4 Å². The molecule has 2 aromatic heterocycles. The second-order valence-corrected chi connectivity index (χ2v) is 11.5. The minimum atomic E-state index is -4.93. The number of nitrogens with two attached hydrogens (primary N) is 2. The summed E-state index contributed by atoms with van der Waals surface area (Å²) in [6.07, 6.45) is 2.67. The second kappa shape index (κ2) is 15.9. The van der Waals surface area contributed by atoms with Gasteiger partial charge in [0.25, 0.3) is 0 Å². The lowest BCUT2D eigenvalue weighted by atomic mass is 9.98. The van der Waals surface area contributed by atoms with Crippen LogP contribution in [0.3, 0.4) is 0 Å². The molecule has 6 N–H and O–H groups in total. The third-order valence-corrected chi connectivity index (χ3v) is 7.24. The van der Waals surface area contributed by atoms with Crippen LogP contribution in [0, 0.1) is 5.82 Å². The number of hydrogen-bond acceptors (Lipinski definition) is 5. The van der Waals surface area contributed by atoms with Crippen molar-refractivity contribution in [3.05, 3.63) is 81.7 Å². The zero-order chi connectivity index (χ0) is 33.3. The van der Waals surface area contributed by atoms with Crippen molar-refractivity contribution in [2.24, 2.45) is 16.5 Å². The second-order valence-electron chi connectivity index (χ2n) is 11.5. The Labute approximate surface area is 264 Å². The summed E-state index contributed by atoms with van der Waals surface area (Å²) in [6.45, 7) is 3.03. The van der Waals surface area contributed by atoms with Crippen molar-refractivity contribution in [1.82, 2.24) is 19.9 Å². The molecule has 13 heteroatoms. The van der Waals surface area contributed by atoms with E-state index in [1.54, 1.807) is 19.1 Å². The van der Waals surface area contributed by atoms with Crippen molar-refractivity contribution >= 4 is 16.9 Å². The molecule has 4 aromatic rings. The summed E-state index contributed by atoms with van der Waals surface area (Å²) in [5.74, 6) is -0.889. The van der Waals surface area contributed by atoms with Crippen LogP contribution in [-0.4, -0.2) is 46.2 Å². The van der Waals surface area contributed by atoms with E-state index in [9.17, 15) is 22.4 Å². The normalized spacial score (nSPS) is 13.8. The number of halogens is 5. The minimum absolute atomic E-state index is 0.0405. The van der Waals surface area contributed by atoms with Crippen molar-refractivity contribution in [1.29, 1.82) is 0 Å². The summed E-state index contributed by atoms with van der Waals surface area (Å²) in [5, 5.41) is 3.72. The molecule has 2 heterocycles. The summed E-state index contributed by atoms with van der Waals surface area (Å²) in [7, 11) is 0. The number of aromatic nitrogens is 3. The number of fused-ring (bicyclic) bond motifs is 1. The number of rotatable bonds is 13. The molecule has 0 radical (unpaired) electrons. The number of aliphatic imine (C=N–C) groups is 1. The lowest BCUT2D eigenvalue weighted by Gasteiger charge is -2.14. The van der Waals surface area contributed by atoms with Crippen molar-refractivity contribution in [2.45, 2.75) is 70.6 Å². The van der Waals surface area contributed by atoms with Gasteiger partial charge < -0.3 is 21.8 Å². The Kier molecular flexibility index (Phi) is 12.1. The van der Waals surface area contributed by atoms with Gasteiger partial charge in [-0.1, -0.05) is 31.4 Å². The van der Waals surface area contributed by atoms with Crippen molar-refractivity contribution in [2.75, 3.05) is 19.8 Å². The molecule has 1 saturated carbocycles. The number of nitrogens with one attached hydrogen (secondary N) is 2. The van der Waals surface area contributed by atoms with Gasteiger partial charge in [0.15, 0.2) is 0 Å². The molecule has 248 valence electrons. The predicted molar refractivity (Wildman–Crippen MR) is 171 cm³/mol. The molecule has 2 aromatic carbocycles. The fourth-order valence-corrected chi connectivity index (χ4v) is 4.67. The molecule has 0 saturated heterocycles. The minimum Gasteiger partial charge on any atom is -0.388 e. The van der Waals surface area contributed by atoms with Crippen LogP contribution in [0.1, 0.15) is 62.1 Å². The number of H-pyrrole nitrogens is 1. The van der Waals surface area contributed by atoms with E-state index in [0.717, 1.165) is 24.6 Å². The molecule has 1 fully saturated rings. The molecule has 0 aliphatic heterocycles. The van der Waals surface area contributed by atoms with E-state index in [1.807, 2.05) is 12.1 Å². The lowest BCUT2D eigenvalue weighted by molar-refractivity contribution is -0.140. The summed E-state index contributed by atoms with van der Waals surface area (Å²) in [4.78, 5) is 23.8. The number of aromatic amines is 1. The quantitative estimate of drug-likeness (QED) is 0.0598. The van der Waals surface area contributed by atoms with Crippen LogP contribution in [0.2, 0.25) is 0 Å². The molecule has 8 nitrogen and oxygen atoms in total. The van der Waals surface area contributed by atoms with Gasteiger partial charge in [-0.25, -0.2) is 13.6 Å². The number of amidine groups is 1. The van der Waals surface area contributed by atoms with Crippen LogP contribution in [-0.2, 0) is 19.1 Å². The molecule has 5 rings (SSSR count). The lowest BCUT2D eigenvalue weighted by Crippen LogP contribution is -2.22. The van der Waals surface area contributed by atoms with E-state index in [-0.39, 0.29) is 35.3 Å². The van der Waals surface area contributed by atoms with Gasteiger partial charge in [-0.15, -0.1) is 0 Å². The third-order valence-electron chi connectivity index (χ3n) is 7.24. The topological polar surface area (TPSA) is 127 Å². The predicted octanol–water partition coefficient (Wildman–Crippen LogP) is 6.19. The molecule has 0 spiro atoms. The monoisotopic (exact) mass is 645 g/mol. The molecule has 0 bridgehead atoms. The molecule has 1 aliphatic rings. The highest BCUT2D eigenvalue weighted by Crippen LogP contribution is 2.37. The highest BCUT2D eigenvalue weighted by atomic mass is 19.4. The molecular weight excluding hydrogens is 605 g/mol. The zero-order valence-corrected chi connectivity index (χ0v) is 25.8. The summed E-state index contributed by atoms with van der Waals surface area (Å²) in [5.41, 5.74) is 10.7. The Morgan fingerprint density at radius 1 is 1.11 bits per heavy atom. The molecule has 1 unspecified atom stereocenters. The Bertz CT molecular complexity index is 1670. The Morgan fingerprint density at radius 2 is 1.83 bits per heavy atom. The van der Waals surface area contributed by atoms with Gasteiger partial charge in [-0.05, 0) is 80.6 Å². The van der Waals surface area contributed by atoms with E-state index in [0.29, 0.717) is 36.4 Å². The molecule has 46 heavy (non-hydrogen) atoms. The maximum absolute atomic E-state index is 15.2. The van der Waals surface area contributed by atoms with E-state index in [2.05, 4.69) is 20.3 Å². The standard InChI is InChI=1S/C30H34F5N7O.C3H6/c1-18(36)39-11-3-10-38-16-19-6-8-23(9-7-19)42-17-21-14-26(40-28(21)41-29(42)43)24-12-20(4-2-5-22(37)15-31)13-25(27(24)32)30(33,34)35;1-2-3-1/h6-9,12-14,17,22,38H,2-5,10-11,15-16,37H2,1H3,(H2,36,39)(H,40,41,43);1-3H2. The number of hydrogen-bond donors (Lipinski definition) is 4. The average molecular weight is 646 g/mol. The average Bonchev–Trinajstić information content (AvgIpc) is 3.85. The first-order chi connectivity index (χ1) is 22.0. The van der Waals surface area contributed by atoms with Gasteiger partial charge in [-0.2, -0.15) is 18.2 Å². The summed E-state index contributed by atoms with van der Waals surface area (Å²) in [6, 6.07) is 10.1. The largest absolute Gasteiger partial charge is 0.419 e. The fraction of sp³-hybridized carbons (Fsp3) is 0.424. The van der Waals surface area contributed by atoms with Crippen LogP contribution < -0.4 is 22.5 Å². The van der Waals surface area contributed by atoms with Crippen LogP contribution >= 0.6 is 0 Å².